The third-order valence-electron chi connectivity index (χ3n) is 12.7. The number of aliphatic hydroxyl groups is 5. The Hall–Kier alpha value is 1.29. The van der Waals surface area contributed by atoms with E-state index in [0.717, 1.165) is 26.2 Å². The number of amides is 2. The number of carbonyl (C=O) groups excluding carboxylic acids is 4. The first-order chi connectivity index (χ1) is 33.0. The van der Waals surface area contributed by atoms with Crippen LogP contribution in [0.3, 0.4) is 0 Å². The van der Waals surface area contributed by atoms with Crippen LogP contribution in [0.15, 0.2) is 0 Å². The van der Waals surface area contributed by atoms with E-state index in [-0.39, 0.29) is 156 Å². The molecule has 4 aliphatic rings. The maximum Gasteiger partial charge on any atom is 1.00 e. The molecule has 0 bridgehead atoms. The number of hydrogen-bond donors (Lipinski definition) is 7. The minimum Gasteiger partial charge on any atom is -0.726 e. The van der Waals surface area contributed by atoms with Crippen molar-refractivity contribution < 1.29 is 243 Å². The Morgan fingerprint density at radius 3 is 1.92 bits per heavy atom. The van der Waals surface area contributed by atoms with E-state index in [1.807, 2.05) is 5.32 Å². The van der Waals surface area contributed by atoms with Crippen molar-refractivity contribution in [3.8, 4) is 0 Å². The van der Waals surface area contributed by atoms with Crippen molar-refractivity contribution in [2.24, 2.45) is 17.8 Å². The average Bonchev–Trinajstić information content (AvgIpc) is 3.27. The Bertz CT molecular complexity index is 2130. The van der Waals surface area contributed by atoms with Gasteiger partial charge in [-0.3, -0.25) is 26.9 Å². The predicted octanol–water partition coefficient (Wildman–Crippen LogP) is -17.3. The minimum atomic E-state index is -5.94. The van der Waals surface area contributed by atoms with E-state index in [2.05, 4.69) is 17.9 Å². The number of rotatable bonds is 26. The number of aliphatic hydroxyl groups excluding tert-OH is 5. The molecule has 2 saturated carbocycles. The summed E-state index contributed by atoms with van der Waals surface area (Å²) in [5.41, 5.74) is 0. The van der Waals surface area contributed by atoms with E-state index in [9.17, 15) is 88.7 Å². The van der Waals surface area contributed by atoms with Crippen molar-refractivity contribution in [1.29, 1.82) is 0 Å². The number of ketones is 1. The Balaban J connectivity index is 0.0000137. The van der Waals surface area contributed by atoms with Crippen LogP contribution < -0.4 is 134 Å². The van der Waals surface area contributed by atoms with Gasteiger partial charge in [-0.05, 0) is 44.4 Å². The molecule has 7 N–H and O–H groups in total. The van der Waals surface area contributed by atoms with Crippen molar-refractivity contribution in [3.63, 3.8) is 0 Å². The molecular weight excluding hydrogens is 1120 g/mol. The molecule has 0 aromatic rings. The van der Waals surface area contributed by atoms with Gasteiger partial charge in [0.1, 0.15) is 54.6 Å². The number of carbonyl (C=O) groups is 4. The molecule has 0 radical (unpaired) electrons. The Labute approximate surface area is 523 Å². The standard InChI is InChI=1S/C39H66N2O27S3.4Na/c1-4-21-14-22(23(44)11-8-12-40-36(49)34(68-71(58,59)60)27(67-70(55,56)57)17-61-69(52,53)54)15-24(33(21)66-39-32(48)31(47)29(45)18(2)62-39)64-38-28(41-19(3)43)35(30(46)26(16-42)65-38)63-25(37(50)51)13-20-9-6-5-7-10-20;;;;/h18,20-22,24-35,38-39,42,45-48H,4-17H2,1-3H3,(H,40,49)(H,41,43)(H,50,51)(H,52,53,54)(H,55,56,57)(H,58,59,60);;;;/q;4*+1/p-4/t18?,21?,22?,24-,25+,26+,27-,28?,29-,30+,31+,32?,33-,34+,35?,38-,39+;;;;/m1..../s1. The predicted molar refractivity (Wildman–Crippen MR) is 225 cm³/mol. The number of Topliss-reactive ketones (excluding diaryl/α,β-unsaturated/α-hetero) is 1. The van der Waals surface area contributed by atoms with E-state index in [4.69, 9.17) is 23.7 Å². The topological polar surface area (TPSA) is 462 Å². The monoisotopic (exact) mass is 1180 g/mol. The summed E-state index contributed by atoms with van der Waals surface area (Å²) >= 11 is 0. The molecule has 0 aromatic carbocycles. The van der Waals surface area contributed by atoms with Gasteiger partial charge in [0.05, 0.1) is 43.6 Å². The zero-order chi connectivity index (χ0) is 53.2. The summed E-state index contributed by atoms with van der Waals surface area (Å²) in [5.74, 6) is -6.23. The maximum absolute atomic E-state index is 14.0. The van der Waals surface area contributed by atoms with Crippen LogP contribution in [0.4, 0.5) is 0 Å². The summed E-state index contributed by atoms with van der Waals surface area (Å²) in [4.78, 5) is 52.2. The molecule has 75 heavy (non-hydrogen) atoms. The summed E-state index contributed by atoms with van der Waals surface area (Å²) < 4.78 is 143. The molecule has 412 valence electrons. The van der Waals surface area contributed by atoms with Crippen LogP contribution in [0.5, 0.6) is 0 Å². The fraction of sp³-hybridized carbons (Fsp3) is 0.897. The molecule has 0 aromatic heterocycles. The van der Waals surface area contributed by atoms with Gasteiger partial charge in [0, 0.05) is 25.8 Å². The van der Waals surface area contributed by atoms with Gasteiger partial charge in [0.25, 0.3) is 5.91 Å². The van der Waals surface area contributed by atoms with Crippen molar-refractivity contribution in [3.05, 3.63) is 0 Å². The van der Waals surface area contributed by atoms with Gasteiger partial charge in [-0.25, -0.2) is 25.3 Å². The van der Waals surface area contributed by atoms with E-state index >= 15 is 0 Å². The van der Waals surface area contributed by atoms with E-state index in [1.54, 1.807) is 6.92 Å². The molecule has 29 nitrogen and oxygen atoms in total. The van der Waals surface area contributed by atoms with Crippen molar-refractivity contribution in [2.75, 3.05) is 19.8 Å². The first-order valence-electron chi connectivity index (χ1n) is 22.8. The Morgan fingerprint density at radius 1 is 0.773 bits per heavy atom. The first kappa shape index (κ1) is 76.3. The van der Waals surface area contributed by atoms with Gasteiger partial charge in [0.2, 0.25) is 37.1 Å². The molecule has 4 rings (SSSR count). The average molecular weight is 1180 g/mol. The summed E-state index contributed by atoms with van der Waals surface area (Å²) in [7, 11) is -17.5. The molecule has 2 heterocycles. The second-order valence-electron chi connectivity index (χ2n) is 17.9. The molecule has 2 amide bonds. The van der Waals surface area contributed by atoms with Crippen LogP contribution in [0.2, 0.25) is 0 Å². The number of carboxylic acids is 1. The molecule has 17 atom stereocenters. The number of nitrogens with one attached hydrogen (secondary N) is 2. The normalized spacial score (nSPS) is 31.8. The van der Waals surface area contributed by atoms with Crippen LogP contribution >= 0.6 is 0 Å². The summed E-state index contributed by atoms with van der Waals surface area (Å²) in [6.07, 6.45) is -20.7. The Kier molecular flexibility index (Phi) is 35.4. The zero-order valence-corrected chi connectivity index (χ0v) is 53.2. The number of aliphatic carboxylic acids is 1. The third kappa shape index (κ3) is 24.6. The fourth-order valence-corrected chi connectivity index (χ4v) is 10.5. The molecule has 36 heteroatoms. The summed E-state index contributed by atoms with van der Waals surface area (Å²) in [6.45, 7) is 0.975. The van der Waals surface area contributed by atoms with Crippen LogP contribution in [-0.2, 0) is 86.6 Å². The van der Waals surface area contributed by atoms with Crippen molar-refractivity contribution in [1.82, 2.24) is 10.6 Å². The molecular formula is C39H62N2Na4O27S3. The van der Waals surface area contributed by atoms with Crippen LogP contribution in [-0.4, -0.2) is 200 Å². The summed E-state index contributed by atoms with van der Waals surface area (Å²) in [6, 6.07) is -1.51. The van der Waals surface area contributed by atoms with Crippen LogP contribution in [0.25, 0.3) is 0 Å². The second kappa shape index (κ2) is 34.8. The van der Waals surface area contributed by atoms with Gasteiger partial charge < -0.3 is 83.4 Å². The number of ether oxygens (including phenoxy) is 5. The zero-order valence-electron chi connectivity index (χ0n) is 42.7. The van der Waals surface area contributed by atoms with E-state index < -0.39 is 185 Å². The molecule has 2 aliphatic heterocycles. The molecule has 0 spiro atoms. The maximum atomic E-state index is 14.0. The van der Waals surface area contributed by atoms with Gasteiger partial charge in [0.15, 0.2) is 18.7 Å². The van der Waals surface area contributed by atoms with Crippen LogP contribution in [0.1, 0.15) is 91.4 Å². The molecule has 2 saturated heterocycles. The molecule has 2 aliphatic carbocycles. The Morgan fingerprint density at radius 2 is 1.39 bits per heavy atom. The molecule has 4 fully saturated rings. The quantitative estimate of drug-likeness (QED) is 0.0183. The molecule has 6 unspecified atom stereocenters. The SMILES string of the molecule is CCC1CC(C(=O)CCCNC(=O)[C@@H](OS(=O)(=O)[O-])[C@@H](COS(=O)(=O)[O-])OS(=O)(=O)[O-])C[C@@H](O[C@@H]2O[C@@H](CO)[C@H](O)C(O[C@@H](CC3CCCCC3)C(=O)[O-])C2NC(C)=O)[C@@H]1O[C@@H]1OC(C)[C@@H](O)[C@H](O)C1O.[Na+].[Na+].[Na+].[Na+]. The smallest absolute Gasteiger partial charge is 0.726 e. The van der Waals surface area contributed by atoms with Gasteiger partial charge in [-0.15, -0.1) is 0 Å². The van der Waals surface area contributed by atoms with E-state index in [0.29, 0.717) is 12.8 Å². The fourth-order valence-electron chi connectivity index (χ4n) is 9.26. The first-order valence-corrected chi connectivity index (χ1v) is 26.8. The van der Waals surface area contributed by atoms with Crippen LogP contribution in [0, 0.1) is 17.8 Å². The minimum absolute atomic E-state index is 0. The largest absolute Gasteiger partial charge is 1.00 e. The van der Waals surface area contributed by atoms with Gasteiger partial charge in [-0.2, -0.15) is 0 Å². The van der Waals surface area contributed by atoms with Gasteiger partial charge in [-0.1, -0.05) is 45.4 Å². The third-order valence-corrected chi connectivity index (χ3v) is 14.1. The second-order valence-corrected chi connectivity index (χ2v) is 21.0. The van der Waals surface area contributed by atoms with Crippen molar-refractivity contribution in [2.45, 2.75) is 183 Å². The summed E-state index contributed by atoms with van der Waals surface area (Å²) in [5, 5.41) is 70.8. The number of carboxylic acid groups (broad SMARTS) is 1. The van der Waals surface area contributed by atoms with E-state index in [1.165, 1.54) is 6.92 Å². The van der Waals surface area contributed by atoms with Crippen molar-refractivity contribution >= 4 is 54.8 Å². The van der Waals surface area contributed by atoms with Gasteiger partial charge >= 0.3 is 118 Å². The number of hydrogen-bond acceptors (Lipinski definition) is 27.